The third-order valence-corrected chi connectivity index (χ3v) is 22.0. The highest BCUT2D eigenvalue weighted by Gasteiger charge is 2.46. The van der Waals surface area contributed by atoms with Gasteiger partial charge in [0.05, 0.1) is 30.6 Å². The number of halogens is 4. The molecular weight excluding hydrogens is 1310 g/mol. The lowest BCUT2D eigenvalue weighted by Gasteiger charge is -2.35. The fourth-order valence-electron chi connectivity index (χ4n) is 12.2. The molecule has 4 saturated carbocycles. The average molecular weight is 1380 g/mol. The highest BCUT2D eigenvalue weighted by molar-refractivity contribution is 7.22. The van der Waals surface area contributed by atoms with Crippen molar-refractivity contribution in [1.29, 1.82) is 0 Å². The lowest BCUT2D eigenvalue weighted by molar-refractivity contribution is 0.102. The van der Waals surface area contributed by atoms with E-state index in [4.69, 9.17) is 25.8 Å². The predicted octanol–water partition coefficient (Wildman–Crippen LogP) is 19.3. The van der Waals surface area contributed by atoms with Gasteiger partial charge in [0.2, 0.25) is 11.8 Å². The van der Waals surface area contributed by atoms with E-state index in [1.54, 1.807) is 103 Å². The van der Waals surface area contributed by atoms with Gasteiger partial charge in [-0.1, -0.05) is 146 Å². The molecule has 0 saturated heterocycles. The molecule has 0 spiro atoms. The monoisotopic (exact) mass is 1380 g/mol. The van der Waals surface area contributed by atoms with Crippen LogP contribution >= 0.6 is 45.6 Å². The SMILES string of the molecule is Cc1ccc(-c2nccnc2OC2CC(Nc3nc4ccccc4s3)C2)cc1F.Cc1ccc(-c2nccnc2OC2CC(Nc3nc4ccccc4s3)C2)cc1F.Cc1ccc(C2CC(C)(C)C(C)(C)C2)cc1F.Clc1nccnc1OC1CC(Nc2nc3ccccc3s2)C1. The van der Waals surface area contributed by atoms with Gasteiger partial charge in [-0.25, -0.2) is 58.0 Å². The van der Waals surface area contributed by atoms with Gasteiger partial charge in [0, 0.05) is 105 Å². The van der Waals surface area contributed by atoms with Gasteiger partial charge in [0.25, 0.3) is 5.88 Å². The predicted molar refractivity (Wildman–Crippen MR) is 384 cm³/mol. The second-order valence-electron chi connectivity index (χ2n) is 26.5. The van der Waals surface area contributed by atoms with Crippen LogP contribution in [-0.4, -0.2) is 81.3 Å². The molecule has 6 heterocycles. The average Bonchev–Trinajstić information content (AvgIpc) is 1.71. The Hall–Kier alpha value is -8.89. The van der Waals surface area contributed by atoms with E-state index in [9.17, 15) is 13.2 Å². The molecule has 0 atom stereocenters. The number of rotatable bonds is 15. The van der Waals surface area contributed by atoms with E-state index in [-0.39, 0.29) is 35.8 Å². The van der Waals surface area contributed by atoms with Crippen molar-refractivity contribution < 1.29 is 27.4 Å². The fourth-order valence-corrected chi connectivity index (χ4v) is 15.2. The number of ether oxygens (including phenoxy) is 3. The molecule has 6 aromatic carbocycles. The molecule has 97 heavy (non-hydrogen) atoms. The molecule has 4 fully saturated rings. The van der Waals surface area contributed by atoms with Gasteiger partial charge in [0.15, 0.2) is 20.5 Å². The normalized spacial score (nSPS) is 19.7. The maximum absolute atomic E-state index is 14.0. The minimum atomic E-state index is -0.261. The number of hydrogen-bond donors (Lipinski definition) is 3. The van der Waals surface area contributed by atoms with Gasteiger partial charge in [-0.3, -0.25) is 0 Å². The number of nitrogens with one attached hydrogen (secondary N) is 3. The standard InChI is InChI=1S/2C22H19FN4OS.C16H23F.C15H13ClN4OS/c2*1-13-6-7-14(10-17(13)23)20-21(25-9-8-24-20)28-16-11-15(12-16)26-22-27-18-4-2-3-5-19(18)29-22;1-11-6-7-12(8-14(11)17)13-9-15(2,3)16(4,5)10-13;16-13-14(18-6-5-17-13)21-10-7-9(8-10)19-15-20-11-3-1-2-4-12(11)22-15/h2*2-10,15-16H,11-12H2,1H3,(H,26,27);6-8,13H,9-10H2,1-5H3;1-6,9-10H,7-8H2,(H,19,20). The zero-order valence-electron chi connectivity index (χ0n) is 54.8. The lowest BCUT2D eigenvalue weighted by atomic mass is 9.71. The van der Waals surface area contributed by atoms with E-state index >= 15 is 0 Å². The summed E-state index contributed by atoms with van der Waals surface area (Å²) in [6.07, 6.45) is 17.3. The van der Waals surface area contributed by atoms with Gasteiger partial charge in [0.1, 0.15) is 47.2 Å². The molecule has 4 aliphatic rings. The highest BCUT2D eigenvalue weighted by Crippen LogP contribution is 2.58. The van der Waals surface area contributed by atoms with Crippen LogP contribution in [-0.2, 0) is 0 Å². The number of aryl methyl sites for hydroxylation is 3. The Balaban J connectivity index is 0.000000119. The van der Waals surface area contributed by atoms with E-state index < -0.39 is 0 Å². The number of aromatic nitrogens is 9. The number of hydrogen-bond acceptors (Lipinski definition) is 18. The molecule has 0 amide bonds. The van der Waals surface area contributed by atoms with Crippen molar-refractivity contribution in [3.8, 4) is 40.2 Å². The summed E-state index contributed by atoms with van der Waals surface area (Å²) in [6.45, 7) is 14.6. The molecule has 6 aromatic heterocycles. The summed E-state index contributed by atoms with van der Waals surface area (Å²) < 4.78 is 63.0. The number of para-hydroxylation sites is 3. The third kappa shape index (κ3) is 15.9. The van der Waals surface area contributed by atoms with Crippen molar-refractivity contribution in [1.82, 2.24) is 44.9 Å². The van der Waals surface area contributed by atoms with Gasteiger partial charge < -0.3 is 30.2 Å². The first-order valence-electron chi connectivity index (χ1n) is 32.6. The molecular formula is C75H74ClF3N12O3S3. The molecule has 16 rings (SSSR count). The second kappa shape index (κ2) is 29.1. The van der Waals surface area contributed by atoms with Crippen molar-refractivity contribution in [3.63, 3.8) is 0 Å². The van der Waals surface area contributed by atoms with Crippen molar-refractivity contribution in [3.05, 3.63) is 209 Å². The number of benzene rings is 6. The third-order valence-electron chi connectivity index (χ3n) is 18.8. The van der Waals surface area contributed by atoms with Crippen molar-refractivity contribution in [2.24, 2.45) is 10.8 Å². The van der Waals surface area contributed by atoms with Crippen molar-refractivity contribution >= 4 is 91.7 Å². The Kier molecular flexibility index (Phi) is 20.0. The summed E-state index contributed by atoms with van der Waals surface area (Å²) in [5.41, 5.74) is 9.31. The molecule has 3 N–H and O–H groups in total. The number of anilines is 3. The minimum absolute atomic E-state index is 0.0487. The van der Waals surface area contributed by atoms with Crippen LogP contribution in [0.2, 0.25) is 5.15 Å². The summed E-state index contributed by atoms with van der Waals surface area (Å²) in [4.78, 5) is 39.3. The first-order valence-corrected chi connectivity index (χ1v) is 35.4. The van der Waals surface area contributed by atoms with Crippen LogP contribution in [0.1, 0.15) is 107 Å². The Bertz CT molecular complexity index is 4430. The highest BCUT2D eigenvalue weighted by atomic mass is 35.5. The van der Waals surface area contributed by atoms with Gasteiger partial charge in [-0.2, -0.15) is 0 Å². The first-order chi connectivity index (χ1) is 46.8. The molecule has 0 bridgehead atoms. The Labute approximate surface area is 578 Å². The van der Waals surface area contributed by atoms with Gasteiger partial charge >= 0.3 is 0 Å². The molecule has 0 unspecified atom stereocenters. The Morgan fingerprint density at radius 1 is 0.423 bits per heavy atom. The van der Waals surface area contributed by atoms with Crippen LogP contribution in [0, 0.1) is 49.1 Å². The molecule has 4 aliphatic carbocycles. The summed E-state index contributed by atoms with van der Waals surface area (Å²) in [7, 11) is 0. The van der Waals surface area contributed by atoms with E-state index in [1.165, 1.54) is 31.8 Å². The van der Waals surface area contributed by atoms with Crippen molar-refractivity contribution in [2.45, 2.75) is 142 Å². The van der Waals surface area contributed by atoms with Crippen LogP contribution in [0.4, 0.5) is 28.6 Å². The summed E-state index contributed by atoms with van der Waals surface area (Å²) >= 11 is 10.9. The first kappa shape index (κ1) is 66.7. The quantitative estimate of drug-likeness (QED) is 0.0882. The molecule has 12 aromatic rings. The maximum Gasteiger partial charge on any atom is 0.252 e. The number of fused-ring (bicyclic) bond motifs is 3. The Morgan fingerprint density at radius 3 is 1.13 bits per heavy atom. The van der Waals surface area contributed by atoms with Crippen molar-refractivity contribution in [2.75, 3.05) is 16.0 Å². The Morgan fingerprint density at radius 2 is 0.763 bits per heavy atom. The molecule has 0 radical (unpaired) electrons. The zero-order chi connectivity index (χ0) is 67.4. The molecule has 0 aliphatic heterocycles. The topological polar surface area (TPSA) is 180 Å². The van der Waals surface area contributed by atoms with Crippen LogP contribution < -0.4 is 30.2 Å². The molecule has 15 nitrogen and oxygen atoms in total. The summed E-state index contributed by atoms with van der Waals surface area (Å²) in [5, 5.41) is 13.6. The number of nitrogens with zero attached hydrogens (tertiary/aromatic N) is 9. The lowest BCUT2D eigenvalue weighted by Crippen LogP contribution is -2.42. The minimum Gasteiger partial charge on any atom is -0.473 e. The second-order valence-corrected chi connectivity index (χ2v) is 29.9. The van der Waals surface area contributed by atoms with Crippen LogP contribution in [0.5, 0.6) is 17.6 Å². The zero-order valence-corrected chi connectivity index (χ0v) is 58.0. The van der Waals surface area contributed by atoms with E-state index in [2.05, 4.69) is 113 Å². The smallest absolute Gasteiger partial charge is 0.252 e. The summed E-state index contributed by atoms with van der Waals surface area (Å²) in [5.74, 6) is 1.22. The van der Waals surface area contributed by atoms with E-state index in [0.717, 1.165) is 88.9 Å². The molecule has 22 heteroatoms. The van der Waals surface area contributed by atoms with Crippen LogP contribution in [0.3, 0.4) is 0 Å². The van der Waals surface area contributed by atoms with Gasteiger partial charge in [-0.15, -0.1) is 0 Å². The van der Waals surface area contributed by atoms with E-state index in [0.29, 0.717) is 91.3 Å². The van der Waals surface area contributed by atoms with Crippen LogP contribution in [0.15, 0.2) is 165 Å². The maximum atomic E-state index is 14.0. The summed E-state index contributed by atoms with van der Waals surface area (Å²) in [6, 6.07) is 41.2. The fraction of sp³-hybridized carbons (Fsp3) is 0.320. The van der Waals surface area contributed by atoms with Gasteiger partial charge in [-0.05, 0) is 127 Å². The van der Waals surface area contributed by atoms with E-state index in [1.807, 2.05) is 79.7 Å². The van der Waals surface area contributed by atoms with Crippen LogP contribution in [0.25, 0.3) is 53.2 Å². The largest absolute Gasteiger partial charge is 0.473 e. The molecule has 498 valence electrons. The number of thiazole rings is 3.